The summed E-state index contributed by atoms with van der Waals surface area (Å²) in [7, 11) is 0. The van der Waals surface area contributed by atoms with Crippen molar-refractivity contribution in [2.45, 2.75) is 25.2 Å². The Hall–Kier alpha value is -2.65. The first-order valence-corrected chi connectivity index (χ1v) is 8.78. The van der Waals surface area contributed by atoms with Crippen LogP contribution < -0.4 is 5.73 Å². The van der Waals surface area contributed by atoms with Gasteiger partial charge < -0.3 is 10.8 Å². The Morgan fingerprint density at radius 3 is 2.50 bits per heavy atom. The van der Waals surface area contributed by atoms with Gasteiger partial charge >= 0.3 is 0 Å². The molecular weight excluding hydrogens is 371 g/mol. The quantitative estimate of drug-likeness (QED) is 0.748. The lowest BCUT2D eigenvalue weighted by atomic mass is 9.56. The molecule has 0 fully saturated rings. The fraction of sp³-hybridized carbons (Fsp3) is 0.316. The zero-order chi connectivity index (χ0) is 19.1. The minimum Gasteiger partial charge on any atom is -0.506 e. The van der Waals surface area contributed by atoms with Crippen LogP contribution in [0.2, 0.25) is 10.0 Å². The minimum absolute atomic E-state index is 0.0345. The SMILES string of the molecule is N#CC1=C(N)C(C#N)(C#N)[C@H](c2cc(Cl)cc(Cl)c2O)[C@H]2CCCC=C12. The lowest BCUT2D eigenvalue weighted by Crippen LogP contribution is -2.42. The molecule has 130 valence electrons. The Kier molecular flexibility index (Phi) is 4.59. The Balaban J connectivity index is 2.40. The third kappa shape index (κ3) is 2.43. The molecule has 0 saturated heterocycles. The van der Waals surface area contributed by atoms with Crippen LogP contribution in [0.25, 0.3) is 0 Å². The van der Waals surface area contributed by atoms with Crippen molar-refractivity contribution >= 4 is 23.2 Å². The van der Waals surface area contributed by atoms with Crippen molar-refractivity contribution in [2.24, 2.45) is 17.1 Å². The van der Waals surface area contributed by atoms with Gasteiger partial charge in [-0.05, 0) is 42.9 Å². The third-order valence-electron chi connectivity index (χ3n) is 5.19. The molecular formula is C19H14Cl2N4O. The monoisotopic (exact) mass is 384 g/mol. The summed E-state index contributed by atoms with van der Waals surface area (Å²) in [4.78, 5) is 0. The first-order chi connectivity index (χ1) is 12.4. The number of halogens is 2. The number of benzene rings is 1. The molecule has 26 heavy (non-hydrogen) atoms. The first kappa shape index (κ1) is 18.2. The van der Waals surface area contributed by atoms with Gasteiger partial charge in [-0.25, -0.2) is 0 Å². The van der Waals surface area contributed by atoms with Gasteiger partial charge in [0, 0.05) is 16.5 Å². The van der Waals surface area contributed by atoms with E-state index in [1.165, 1.54) is 12.1 Å². The van der Waals surface area contributed by atoms with Crippen LogP contribution >= 0.6 is 23.2 Å². The first-order valence-electron chi connectivity index (χ1n) is 8.02. The average Bonchev–Trinajstić information content (AvgIpc) is 2.64. The van der Waals surface area contributed by atoms with E-state index in [0.29, 0.717) is 12.0 Å². The maximum Gasteiger partial charge on any atom is 0.191 e. The van der Waals surface area contributed by atoms with Crippen LogP contribution in [0.4, 0.5) is 0 Å². The van der Waals surface area contributed by atoms with Crippen LogP contribution in [0.15, 0.2) is 35.1 Å². The number of allylic oxidation sites excluding steroid dienone is 4. The summed E-state index contributed by atoms with van der Waals surface area (Å²) in [5.74, 6) is -1.32. The summed E-state index contributed by atoms with van der Waals surface area (Å²) in [6.45, 7) is 0. The van der Waals surface area contributed by atoms with Crippen LogP contribution in [-0.2, 0) is 0 Å². The van der Waals surface area contributed by atoms with E-state index in [1.54, 1.807) is 0 Å². The number of phenolic OH excluding ortho intramolecular Hbond substituents is 1. The van der Waals surface area contributed by atoms with E-state index >= 15 is 0 Å². The van der Waals surface area contributed by atoms with Crippen molar-refractivity contribution in [3.05, 3.63) is 50.7 Å². The molecule has 0 amide bonds. The molecule has 0 bridgehead atoms. The molecule has 2 aliphatic rings. The highest BCUT2D eigenvalue weighted by atomic mass is 35.5. The van der Waals surface area contributed by atoms with Crippen LogP contribution in [0.3, 0.4) is 0 Å². The van der Waals surface area contributed by atoms with Gasteiger partial charge in [-0.15, -0.1) is 0 Å². The summed E-state index contributed by atoms with van der Waals surface area (Å²) >= 11 is 12.2. The third-order valence-corrected chi connectivity index (χ3v) is 5.70. The number of hydrogen-bond acceptors (Lipinski definition) is 5. The summed E-state index contributed by atoms with van der Waals surface area (Å²) in [6, 6.07) is 8.97. The lowest BCUT2D eigenvalue weighted by Gasteiger charge is -2.43. The van der Waals surface area contributed by atoms with E-state index in [4.69, 9.17) is 28.9 Å². The van der Waals surface area contributed by atoms with Crippen molar-refractivity contribution in [1.29, 1.82) is 15.8 Å². The number of rotatable bonds is 1. The van der Waals surface area contributed by atoms with Gasteiger partial charge in [0.1, 0.15) is 11.8 Å². The predicted molar refractivity (Wildman–Crippen MR) is 96.8 cm³/mol. The second-order valence-corrected chi connectivity index (χ2v) is 7.28. The topological polar surface area (TPSA) is 118 Å². The maximum absolute atomic E-state index is 10.5. The zero-order valence-electron chi connectivity index (χ0n) is 13.6. The highest BCUT2D eigenvalue weighted by Crippen LogP contribution is 2.58. The fourth-order valence-electron chi connectivity index (χ4n) is 4.04. The van der Waals surface area contributed by atoms with Gasteiger partial charge in [-0.3, -0.25) is 0 Å². The number of phenols is 1. The van der Waals surface area contributed by atoms with Gasteiger partial charge in [-0.1, -0.05) is 29.3 Å². The largest absolute Gasteiger partial charge is 0.506 e. The van der Waals surface area contributed by atoms with Crippen molar-refractivity contribution in [3.63, 3.8) is 0 Å². The Morgan fingerprint density at radius 1 is 1.19 bits per heavy atom. The van der Waals surface area contributed by atoms with Gasteiger partial charge in [0.05, 0.1) is 28.4 Å². The van der Waals surface area contributed by atoms with Gasteiger partial charge in [0.2, 0.25) is 0 Å². The minimum atomic E-state index is -1.80. The number of aromatic hydroxyl groups is 1. The molecule has 3 N–H and O–H groups in total. The van der Waals surface area contributed by atoms with Crippen molar-refractivity contribution < 1.29 is 5.11 Å². The summed E-state index contributed by atoms with van der Waals surface area (Å²) < 4.78 is 0. The molecule has 3 rings (SSSR count). The normalized spacial score (nSPS) is 23.9. The summed E-state index contributed by atoms with van der Waals surface area (Å²) in [6.07, 6.45) is 4.20. The Bertz CT molecular complexity index is 961. The van der Waals surface area contributed by atoms with Crippen molar-refractivity contribution in [3.8, 4) is 24.0 Å². The molecule has 0 saturated carbocycles. The maximum atomic E-state index is 10.5. The molecule has 0 radical (unpaired) electrons. The highest BCUT2D eigenvalue weighted by Gasteiger charge is 2.54. The molecule has 0 aliphatic heterocycles. The Labute approximate surface area is 161 Å². The summed E-state index contributed by atoms with van der Waals surface area (Å²) in [5.41, 5.74) is 5.49. The highest BCUT2D eigenvalue weighted by molar-refractivity contribution is 6.35. The number of nitriles is 3. The standard InChI is InChI=1S/C19H14Cl2N4O/c20-10-5-13(17(26)15(21)6-10)16-12-4-2-1-3-11(12)14(7-22)18(25)19(16,8-23)9-24/h3,5-6,12,16,26H,1-2,4,25H2/t12-,16-/m0/s1. The smallest absolute Gasteiger partial charge is 0.191 e. The van der Waals surface area contributed by atoms with E-state index in [2.05, 4.69) is 6.07 Å². The van der Waals surface area contributed by atoms with Crippen LogP contribution in [0.5, 0.6) is 5.75 Å². The second-order valence-electron chi connectivity index (χ2n) is 6.43. The molecule has 0 heterocycles. The molecule has 2 atom stereocenters. The predicted octanol–water partition coefficient (Wildman–Crippen LogP) is 4.29. The number of nitrogens with two attached hydrogens (primary N) is 1. The van der Waals surface area contributed by atoms with E-state index in [0.717, 1.165) is 18.4 Å². The second kappa shape index (κ2) is 6.58. The van der Waals surface area contributed by atoms with E-state index in [9.17, 15) is 20.9 Å². The van der Waals surface area contributed by atoms with Crippen molar-refractivity contribution in [2.75, 3.05) is 0 Å². The van der Waals surface area contributed by atoms with E-state index in [1.807, 2.05) is 18.2 Å². The molecule has 2 aliphatic carbocycles. The molecule has 0 unspecified atom stereocenters. The van der Waals surface area contributed by atoms with Gasteiger partial charge in [0.15, 0.2) is 5.41 Å². The van der Waals surface area contributed by atoms with Crippen LogP contribution in [0, 0.1) is 45.3 Å². The Morgan fingerprint density at radius 2 is 1.88 bits per heavy atom. The zero-order valence-corrected chi connectivity index (χ0v) is 15.1. The molecule has 1 aromatic rings. The molecule has 0 aromatic heterocycles. The average molecular weight is 385 g/mol. The van der Waals surface area contributed by atoms with E-state index in [-0.39, 0.29) is 33.0 Å². The van der Waals surface area contributed by atoms with Crippen LogP contribution in [0.1, 0.15) is 30.7 Å². The number of fused-ring (bicyclic) bond motifs is 1. The molecule has 0 spiro atoms. The van der Waals surface area contributed by atoms with E-state index < -0.39 is 11.3 Å². The number of nitrogens with zero attached hydrogens (tertiary/aromatic N) is 3. The summed E-state index contributed by atoms with van der Waals surface area (Å²) in [5, 5.41) is 40.3. The van der Waals surface area contributed by atoms with Crippen LogP contribution in [-0.4, -0.2) is 5.11 Å². The molecule has 5 nitrogen and oxygen atoms in total. The molecule has 1 aromatic carbocycles. The van der Waals surface area contributed by atoms with Crippen molar-refractivity contribution in [1.82, 2.24) is 0 Å². The fourth-order valence-corrected chi connectivity index (χ4v) is 4.55. The van der Waals surface area contributed by atoms with Gasteiger partial charge in [-0.2, -0.15) is 15.8 Å². The number of hydrogen-bond donors (Lipinski definition) is 2. The lowest BCUT2D eigenvalue weighted by molar-refractivity contribution is 0.308. The van der Waals surface area contributed by atoms with Gasteiger partial charge in [0.25, 0.3) is 0 Å². The molecule has 7 heteroatoms.